The Bertz CT molecular complexity index is 655. The van der Waals surface area contributed by atoms with E-state index in [0.29, 0.717) is 11.1 Å². The molecule has 0 saturated carbocycles. The van der Waals surface area contributed by atoms with Crippen LogP contribution in [0, 0.1) is 0 Å². The minimum Gasteiger partial charge on any atom is -0.464 e. The van der Waals surface area contributed by atoms with Gasteiger partial charge in [0.1, 0.15) is 5.58 Å². The smallest absolute Gasteiger partial charge is 0.464 e. The first-order chi connectivity index (χ1) is 10.0. The molecule has 21 heavy (non-hydrogen) atoms. The van der Waals surface area contributed by atoms with E-state index in [1.165, 1.54) is 13.3 Å². The molecule has 0 aliphatic heterocycles. The first-order valence-electron chi connectivity index (χ1n) is 6.36. The quantitative estimate of drug-likeness (QED) is 0.436. The van der Waals surface area contributed by atoms with E-state index in [-0.39, 0.29) is 6.42 Å². The Labute approximate surface area is 121 Å². The molecular formula is C13H15BN2O5. The molecule has 1 heterocycles. The first kappa shape index (κ1) is 15.1. The third-order valence-electron chi connectivity index (χ3n) is 3.11. The van der Waals surface area contributed by atoms with Crippen molar-refractivity contribution in [3.63, 3.8) is 0 Å². The highest BCUT2D eigenvalue weighted by atomic mass is 16.4. The highest BCUT2D eigenvalue weighted by molar-refractivity contribution is 6.45. The van der Waals surface area contributed by atoms with Gasteiger partial charge in [0.15, 0.2) is 0 Å². The minimum absolute atomic E-state index is 0.122. The number of likely N-dealkylation sites (N-methyl/N-ethyl adjacent to an activating group) is 1. The van der Waals surface area contributed by atoms with Crippen molar-refractivity contribution in [1.82, 2.24) is 10.6 Å². The van der Waals surface area contributed by atoms with Gasteiger partial charge in [-0.25, -0.2) is 0 Å². The summed E-state index contributed by atoms with van der Waals surface area (Å²) < 4.78 is 5.35. The number of benzene rings is 1. The molecular weight excluding hydrogens is 275 g/mol. The van der Waals surface area contributed by atoms with Gasteiger partial charge in [0.2, 0.25) is 0 Å². The molecule has 0 bridgehead atoms. The van der Waals surface area contributed by atoms with E-state index < -0.39 is 24.9 Å². The zero-order valence-corrected chi connectivity index (χ0v) is 11.4. The van der Waals surface area contributed by atoms with Crippen molar-refractivity contribution < 1.29 is 24.1 Å². The number of para-hydroxylation sites is 1. The van der Waals surface area contributed by atoms with Crippen molar-refractivity contribution in [2.75, 3.05) is 7.05 Å². The van der Waals surface area contributed by atoms with E-state index in [4.69, 9.17) is 4.42 Å². The van der Waals surface area contributed by atoms with Gasteiger partial charge in [-0.15, -0.1) is 0 Å². The largest absolute Gasteiger partial charge is 0.475 e. The van der Waals surface area contributed by atoms with Gasteiger partial charge in [-0.2, -0.15) is 0 Å². The Kier molecular flexibility index (Phi) is 4.61. The normalized spacial score (nSPS) is 12.0. The second-order valence-electron chi connectivity index (χ2n) is 4.53. The SMILES string of the molecule is CNC(=O)C(=O)NC(Cc1coc2ccccc12)B(O)O. The van der Waals surface area contributed by atoms with E-state index in [1.807, 2.05) is 18.2 Å². The highest BCUT2D eigenvalue weighted by Gasteiger charge is 2.28. The molecule has 0 fully saturated rings. The topological polar surface area (TPSA) is 112 Å². The lowest BCUT2D eigenvalue weighted by atomic mass is 9.76. The molecule has 1 atom stereocenters. The van der Waals surface area contributed by atoms with Crippen LogP contribution in [-0.4, -0.2) is 42.0 Å². The number of rotatable bonds is 4. The van der Waals surface area contributed by atoms with Crippen molar-refractivity contribution in [1.29, 1.82) is 0 Å². The van der Waals surface area contributed by atoms with Crippen LogP contribution in [0.5, 0.6) is 0 Å². The molecule has 1 aromatic carbocycles. The summed E-state index contributed by atoms with van der Waals surface area (Å²) >= 11 is 0. The van der Waals surface area contributed by atoms with E-state index in [1.54, 1.807) is 6.07 Å². The van der Waals surface area contributed by atoms with E-state index in [0.717, 1.165) is 5.39 Å². The van der Waals surface area contributed by atoms with Crippen molar-refractivity contribution in [3.8, 4) is 0 Å². The van der Waals surface area contributed by atoms with Gasteiger partial charge in [-0.3, -0.25) is 9.59 Å². The number of hydrogen-bond donors (Lipinski definition) is 4. The van der Waals surface area contributed by atoms with Crippen molar-refractivity contribution in [2.45, 2.75) is 12.4 Å². The molecule has 2 rings (SSSR count). The molecule has 4 N–H and O–H groups in total. The number of amides is 2. The molecule has 1 aromatic heterocycles. The molecule has 0 aliphatic carbocycles. The summed E-state index contributed by atoms with van der Waals surface area (Å²) in [5, 5.41) is 24.0. The fourth-order valence-electron chi connectivity index (χ4n) is 2.01. The van der Waals surface area contributed by atoms with Crippen LogP contribution in [-0.2, 0) is 16.0 Å². The maximum atomic E-state index is 11.5. The summed E-state index contributed by atoms with van der Waals surface area (Å²) in [4.78, 5) is 22.7. The molecule has 0 radical (unpaired) electrons. The third-order valence-corrected chi connectivity index (χ3v) is 3.11. The maximum Gasteiger partial charge on any atom is 0.475 e. The maximum absolute atomic E-state index is 11.5. The first-order valence-corrected chi connectivity index (χ1v) is 6.36. The standard InChI is InChI=1S/C13H15BN2O5/c1-15-12(17)13(18)16-11(14(19)20)6-8-7-21-10-5-3-2-4-9(8)10/h2-5,7,11,19-20H,6H2,1H3,(H,15,17)(H,16,18). The molecule has 2 aromatic rings. The predicted molar refractivity (Wildman–Crippen MR) is 76.1 cm³/mol. The molecule has 110 valence electrons. The van der Waals surface area contributed by atoms with Crippen molar-refractivity contribution >= 4 is 29.9 Å². The molecule has 0 spiro atoms. The Hall–Kier alpha value is -2.32. The van der Waals surface area contributed by atoms with E-state index in [9.17, 15) is 19.6 Å². The molecule has 2 amide bonds. The lowest BCUT2D eigenvalue weighted by Gasteiger charge is -2.16. The Morgan fingerprint density at radius 2 is 2.00 bits per heavy atom. The summed E-state index contributed by atoms with van der Waals surface area (Å²) in [6.45, 7) is 0. The Morgan fingerprint density at radius 3 is 2.67 bits per heavy atom. The van der Waals surface area contributed by atoms with Gasteiger partial charge in [-0.05, 0) is 18.1 Å². The average molecular weight is 290 g/mol. The van der Waals surface area contributed by atoms with Gasteiger partial charge in [0.05, 0.1) is 12.2 Å². The second kappa shape index (κ2) is 6.42. The summed E-state index contributed by atoms with van der Waals surface area (Å²) in [5.74, 6) is -2.79. The van der Waals surface area contributed by atoms with Crippen molar-refractivity contribution in [2.24, 2.45) is 0 Å². The number of nitrogens with one attached hydrogen (secondary N) is 2. The summed E-state index contributed by atoms with van der Waals surface area (Å²) in [5.41, 5.74) is 1.37. The van der Waals surface area contributed by atoms with Crippen LogP contribution >= 0.6 is 0 Å². The molecule has 0 aliphatic rings. The van der Waals surface area contributed by atoms with Crippen molar-refractivity contribution in [3.05, 3.63) is 36.1 Å². The fourth-order valence-corrected chi connectivity index (χ4v) is 2.01. The number of hydrogen-bond acceptors (Lipinski definition) is 5. The number of carbonyl (C=O) groups is 2. The van der Waals surface area contributed by atoms with Gasteiger partial charge >= 0.3 is 18.9 Å². The second-order valence-corrected chi connectivity index (χ2v) is 4.53. The van der Waals surface area contributed by atoms with Crippen LogP contribution in [0.15, 0.2) is 34.9 Å². The van der Waals surface area contributed by atoms with Crippen LogP contribution in [0.1, 0.15) is 5.56 Å². The lowest BCUT2D eigenvalue weighted by Crippen LogP contribution is -2.51. The van der Waals surface area contributed by atoms with E-state index in [2.05, 4.69) is 10.6 Å². The average Bonchev–Trinajstić information content (AvgIpc) is 2.88. The highest BCUT2D eigenvalue weighted by Crippen LogP contribution is 2.22. The van der Waals surface area contributed by atoms with Crippen LogP contribution in [0.2, 0.25) is 0 Å². The third kappa shape index (κ3) is 3.42. The van der Waals surface area contributed by atoms with Gasteiger partial charge < -0.3 is 25.1 Å². The summed E-state index contributed by atoms with van der Waals surface area (Å²) in [6.07, 6.45) is 1.61. The molecule has 0 saturated heterocycles. The van der Waals surface area contributed by atoms with Gasteiger partial charge in [-0.1, -0.05) is 18.2 Å². The Morgan fingerprint density at radius 1 is 1.29 bits per heavy atom. The number of fused-ring (bicyclic) bond motifs is 1. The van der Waals surface area contributed by atoms with Crippen LogP contribution < -0.4 is 10.6 Å². The van der Waals surface area contributed by atoms with Gasteiger partial charge in [0.25, 0.3) is 0 Å². The summed E-state index contributed by atoms with van der Waals surface area (Å²) in [7, 11) is -0.483. The lowest BCUT2D eigenvalue weighted by molar-refractivity contribution is -0.139. The predicted octanol–water partition coefficient (Wildman–Crippen LogP) is -0.782. The molecule has 8 heteroatoms. The molecule has 7 nitrogen and oxygen atoms in total. The summed E-state index contributed by atoms with van der Waals surface area (Å²) in [6, 6.07) is 7.26. The van der Waals surface area contributed by atoms with Crippen LogP contribution in [0.4, 0.5) is 0 Å². The van der Waals surface area contributed by atoms with E-state index >= 15 is 0 Å². The minimum atomic E-state index is -1.80. The fraction of sp³-hybridized carbons (Fsp3) is 0.231. The number of furan rings is 1. The van der Waals surface area contributed by atoms with Gasteiger partial charge in [0, 0.05) is 12.4 Å². The van der Waals surface area contributed by atoms with Crippen LogP contribution in [0.3, 0.4) is 0 Å². The Balaban J connectivity index is 2.16. The van der Waals surface area contributed by atoms with Crippen LogP contribution in [0.25, 0.3) is 11.0 Å². The zero-order chi connectivity index (χ0) is 15.4. The zero-order valence-electron chi connectivity index (χ0n) is 11.4. The molecule has 1 unspecified atom stereocenters. The number of carbonyl (C=O) groups excluding carboxylic acids is 2. The monoisotopic (exact) mass is 290 g/mol.